The molecule has 1 aromatic heterocycles. The first kappa shape index (κ1) is 19.9. The van der Waals surface area contributed by atoms with E-state index in [0.29, 0.717) is 17.2 Å². The number of nitrogens with one attached hydrogen (secondary N) is 1. The molecule has 0 radical (unpaired) electrons. The molecule has 1 fully saturated rings. The van der Waals surface area contributed by atoms with Gasteiger partial charge in [0.15, 0.2) is 5.82 Å². The smallest absolute Gasteiger partial charge is 0.263 e. The van der Waals surface area contributed by atoms with Crippen molar-refractivity contribution in [1.29, 1.82) is 0 Å². The minimum atomic E-state index is -0.154. The average molecular weight is 402 g/mol. The number of carbonyl (C=O) groups is 1. The van der Waals surface area contributed by atoms with Crippen molar-refractivity contribution in [1.82, 2.24) is 9.97 Å². The summed E-state index contributed by atoms with van der Waals surface area (Å²) in [4.78, 5) is 23.6. The second kappa shape index (κ2) is 8.95. The maximum atomic E-state index is 12.6. The normalized spacial score (nSPS) is 13.7. The molecular weight excluding hydrogens is 376 g/mol. The van der Waals surface area contributed by atoms with Crippen molar-refractivity contribution in [3.05, 3.63) is 71.5 Å². The summed E-state index contributed by atoms with van der Waals surface area (Å²) in [5.41, 5.74) is 3.69. The quantitative estimate of drug-likeness (QED) is 0.641. The Morgan fingerprint density at radius 3 is 2.40 bits per heavy atom. The summed E-state index contributed by atoms with van der Waals surface area (Å²) in [5, 5.41) is 2.94. The molecule has 2 aromatic carbocycles. The van der Waals surface area contributed by atoms with E-state index in [2.05, 4.69) is 20.2 Å². The zero-order valence-corrected chi connectivity index (χ0v) is 17.4. The number of benzene rings is 2. The van der Waals surface area contributed by atoms with Crippen molar-refractivity contribution in [3.63, 3.8) is 0 Å². The Bertz CT molecular complexity index is 1030. The van der Waals surface area contributed by atoms with E-state index in [-0.39, 0.29) is 5.91 Å². The lowest BCUT2D eigenvalue weighted by atomic mass is 10.1. The van der Waals surface area contributed by atoms with Crippen LogP contribution in [-0.2, 0) is 0 Å². The molecule has 1 N–H and O–H groups in total. The van der Waals surface area contributed by atoms with Crippen LogP contribution in [0.3, 0.4) is 0 Å². The van der Waals surface area contributed by atoms with Gasteiger partial charge in [-0.3, -0.25) is 4.79 Å². The Kier molecular flexibility index (Phi) is 5.93. The van der Waals surface area contributed by atoms with Crippen LogP contribution in [0, 0.1) is 13.8 Å². The van der Waals surface area contributed by atoms with E-state index in [9.17, 15) is 4.79 Å². The molecule has 1 amide bonds. The van der Waals surface area contributed by atoms with Gasteiger partial charge in [0, 0.05) is 36.7 Å². The molecule has 6 heteroatoms. The molecule has 3 aromatic rings. The minimum absolute atomic E-state index is 0.154. The Labute approximate surface area is 176 Å². The Morgan fingerprint density at radius 2 is 1.67 bits per heavy atom. The Morgan fingerprint density at radius 1 is 0.933 bits per heavy atom. The van der Waals surface area contributed by atoms with Crippen molar-refractivity contribution in [2.75, 3.05) is 23.3 Å². The third-order valence-corrected chi connectivity index (χ3v) is 5.40. The number of amides is 1. The molecule has 0 saturated carbocycles. The molecule has 6 nitrogen and oxygen atoms in total. The fourth-order valence-electron chi connectivity index (χ4n) is 3.52. The van der Waals surface area contributed by atoms with Crippen LogP contribution < -0.4 is 15.0 Å². The van der Waals surface area contributed by atoms with E-state index in [4.69, 9.17) is 4.74 Å². The first-order chi connectivity index (χ1) is 14.6. The highest BCUT2D eigenvalue weighted by molar-refractivity contribution is 6.04. The topological polar surface area (TPSA) is 67.3 Å². The number of carbonyl (C=O) groups excluding carboxylic acids is 1. The van der Waals surface area contributed by atoms with Crippen LogP contribution in [0.2, 0.25) is 0 Å². The van der Waals surface area contributed by atoms with Gasteiger partial charge in [0.05, 0.1) is 0 Å². The summed E-state index contributed by atoms with van der Waals surface area (Å²) in [6.45, 7) is 6.01. The van der Waals surface area contributed by atoms with Crippen LogP contribution in [0.1, 0.15) is 40.7 Å². The molecule has 0 unspecified atom stereocenters. The van der Waals surface area contributed by atoms with Gasteiger partial charge in [0.25, 0.3) is 11.8 Å². The van der Waals surface area contributed by atoms with E-state index >= 15 is 0 Å². The number of nitrogens with zero attached hydrogens (tertiary/aromatic N) is 3. The molecule has 1 saturated heterocycles. The van der Waals surface area contributed by atoms with Gasteiger partial charge in [0.1, 0.15) is 5.75 Å². The van der Waals surface area contributed by atoms with Gasteiger partial charge in [-0.25, -0.2) is 9.97 Å². The standard InChI is InChI=1S/C24H26N4O2/c1-17-6-9-20(16-18(17)2)27-23(29)19-7-10-21(11-8-19)30-24-22(25-12-13-26-24)28-14-4-3-5-15-28/h6-13,16H,3-5,14-15H2,1-2H3,(H,27,29). The van der Waals surface area contributed by atoms with E-state index in [1.54, 1.807) is 36.7 Å². The number of piperidine rings is 1. The average Bonchev–Trinajstić information content (AvgIpc) is 2.78. The molecule has 0 bridgehead atoms. The minimum Gasteiger partial charge on any atom is -0.436 e. The molecule has 0 atom stereocenters. The second-order valence-corrected chi connectivity index (χ2v) is 7.61. The van der Waals surface area contributed by atoms with Gasteiger partial charge in [-0.2, -0.15) is 0 Å². The molecule has 4 rings (SSSR count). The number of aromatic nitrogens is 2. The molecule has 1 aliphatic rings. The maximum Gasteiger partial charge on any atom is 0.263 e. The summed E-state index contributed by atoms with van der Waals surface area (Å²) in [5.74, 6) is 1.73. The van der Waals surface area contributed by atoms with Crippen molar-refractivity contribution in [3.8, 4) is 11.6 Å². The fraction of sp³-hybridized carbons (Fsp3) is 0.292. The zero-order valence-electron chi connectivity index (χ0n) is 17.4. The third kappa shape index (κ3) is 4.59. The molecule has 0 spiro atoms. The number of rotatable bonds is 5. The monoisotopic (exact) mass is 402 g/mol. The predicted molar refractivity (Wildman–Crippen MR) is 118 cm³/mol. The Balaban J connectivity index is 1.45. The highest BCUT2D eigenvalue weighted by atomic mass is 16.5. The Hall–Kier alpha value is -3.41. The van der Waals surface area contributed by atoms with Crippen molar-refractivity contribution < 1.29 is 9.53 Å². The van der Waals surface area contributed by atoms with E-state index in [1.165, 1.54) is 12.0 Å². The van der Waals surface area contributed by atoms with Crippen LogP contribution in [0.25, 0.3) is 0 Å². The first-order valence-electron chi connectivity index (χ1n) is 10.3. The summed E-state index contributed by atoms with van der Waals surface area (Å²) >= 11 is 0. The lowest BCUT2D eigenvalue weighted by Gasteiger charge is -2.28. The van der Waals surface area contributed by atoms with E-state index < -0.39 is 0 Å². The highest BCUT2D eigenvalue weighted by Gasteiger charge is 2.18. The fourth-order valence-corrected chi connectivity index (χ4v) is 3.52. The lowest BCUT2D eigenvalue weighted by molar-refractivity contribution is 0.102. The SMILES string of the molecule is Cc1ccc(NC(=O)c2ccc(Oc3nccnc3N3CCCCC3)cc2)cc1C. The van der Waals surface area contributed by atoms with Gasteiger partial charge in [-0.15, -0.1) is 0 Å². The van der Waals surface area contributed by atoms with Gasteiger partial charge in [0.2, 0.25) is 0 Å². The van der Waals surface area contributed by atoms with Crippen molar-refractivity contribution in [2.24, 2.45) is 0 Å². The number of hydrogen-bond donors (Lipinski definition) is 1. The van der Waals surface area contributed by atoms with Gasteiger partial charge in [-0.1, -0.05) is 6.07 Å². The second-order valence-electron chi connectivity index (χ2n) is 7.61. The largest absolute Gasteiger partial charge is 0.436 e. The van der Waals surface area contributed by atoms with Gasteiger partial charge in [-0.05, 0) is 80.6 Å². The van der Waals surface area contributed by atoms with Crippen LogP contribution in [0.5, 0.6) is 11.6 Å². The molecule has 2 heterocycles. The number of aryl methyl sites for hydroxylation is 2. The predicted octanol–water partition coefficient (Wildman–Crippen LogP) is 5.13. The number of ether oxygens (including phenoxy) is 1. The molecule has 1 aliphatic heterocycles. The van der Waals surface area contributed by atoms with Crippen LogP contribution in [0.15, 0.2) is 54.9 Å². The van der Waals surface area contributed by atoms with E-state index in [1.807, 2.05) is 32.0 Å². The van der Waals surface area contributed by atoms with Crippen molar-refractivity contribution in [2.45, 2.75) is 33.1 Å². The molecule has 0 aliphatic carbocycles. The lowest BCUT2D eigenvalue weighted by Crippen LogP contribution is -2.30. The molecule has 154 valence electrons. The summed E-state index contributed by atoms with van der Waals surface area (Å²) in [6.07, 6.45) is 6.88. The third-order valence-electron chi connectivity index (χ3n) is 5.40. The highest BCUT2D eigenvalue weighted by Crippen LogP contribution is 2.30. The van der Waals surface area contributed by atoms with Crippen LogP contribution >= 0.6 is 0 Å². The molecular formula is C24H26N4O2. The van der Waals surface area contributed by atoms with Crippen LogP contribution in [0.4, 0.5) is 11.5 Å². The molecule has 30 heavy (non-hydrogen) atoms. The maximum absolute atomic E-state index is 12.6. The number of anilines is 2. The first-order valence-corrected chi connectivity index (χ1v) is 10.3. The van der Waals surface area contributed by atoms with Gasteiger partial charge >= 0.3 is 0 Å². The van der Waals surface area contributed by atoms with Crippen molar-refractivity contribution >= 4 is 17.4 Å². The van der Waals surface area contributed by atoms with Gasteiger partial charge < -0.3 is 15.0 Å². The van der Waals surface area contributed by atoms with Crippen LogP contribution in [-0.4, -0.2) is 29.0 Å². The number of hydrogen-bond acceptors (Lipinski definition) is 5. The summed E-state index contributed by atoms with van der Waals surface area (Å²) in [7, 11) is 0. The summed E-state index contributed by atoms with van der Waals surface area (Å²) < 4.78 is 6.00. The zero-order chi connectivity index (χ0) is 20.9. The van der Waals surface area contributed by atoms with E-state index in [0.717, 1.165) is 43.0 Å². The summed E-state index contributed by atoms with van der Waals surface area (Å²) in [6, 6.07) is 13.0.